The third-order valence-corrected chi connectivity index (χ3v) is 4.20. The Bertz CT molecular complexity index is 681. The molecule has 1 fully saturated rings. The molecule has 2 heterocycles. The molecule has 2 amide bonds. The first kappa shape index (κ1) is 15.3. The standard InChI is InChI=1S/C17H21N5O/c1-13-3-4-15(11-14(13)2)20-17(23)22-9-7-21(8-10-22)16-12-18-5-6-19-16/h3-6,11-12H,7-10H2,1-2H3,(H,20,23). The molecule has 0 radical (unpaired) electrons. The number of piperazine rings is 1. The number of amides is 2. The van der Waals surface area contributed by atoms with Crippen LogP contribution >= 0.6 is 0 Å². The molecule has 3 rings (SSSR count). The van der Waals surface area contributed by atoms with Gasteiger partial charge in [0.1, 0.15) is 5.82 Å². The zero-order valence-corrected chi connectivity index (χ0v) is 13.5. The van der Waals surface area contributed by atoms with Gasteiger partial charge in [-0.2, -0.15) is 0 Å². The second-order valence-electron chi connectivity index (χ2n) is 5.77. The molecule has 0 aliphatic carbocycles. The summed E-state index contributed by atoms with van der Waals surface area (Å²) in [5, 5.41) is 2.97. The number of carbonyl (C=O) groups is 1. The Morgan fingerprint density at radius 1 is 1.09 bits per heavy atom. The number of nitrogens with zero attached hydrogens (tertiary/aromatic N) is 4. The molecule has 1 aliphatic heterocycles. The molecule has 0 atom stereocenters. The molecule has 1 saturated heterocycles. The third kappa shape index (κ3) is 3.59. The molecule has 1 aromatic heterocycles. The van der Waals surface area contributed by atoms with Gasteiger partial charge in [-0.05, 0) is 37.1 Å². The lowest BCUT2D eigenvalue weighted by molar-refractivity contribution is 0.208. The Balaban J connectivity index is 1.57. The van der Waals surface area contributed by atoms with Crippen molar-refractivity contribution in [3.05, 3.63) is 47.9 Å². The van der Waals surface area contributed by atoms with Crippen LogP contribution in [0.15, 0.2) is 36.8 Å². The number of benzene rings is 1. The summed E-state index contributed by atoms with van der Waals surface area (Å²) in [7, 11) is 0. The van der Waals surface area contributed by atoms with Crippen LogP contribution in [0.4, 0.5) is 16.3 Å². The highest BCUT2D eigenvalue weighted by molar-refractivity contribution is 5.89. The number of aryl methyl sites for hydroxylation is 2. The van der Waals surface area contributed by atoms with Gasteiger partial charge in [0, 0.05) is 44.3 Å². The second-order valence-corrected chi connectivity index (χ2v) is 5.77. The first-order valence-corrected chi connectivity index (χ1v) is 7.77. The van der Waals surface area contributed by atoms with Crippen molar-refractivity contribution in [2.75, 3.05) is 36.4 Å². The predicted molar refractivity (Wildman–Crippen MR) is 90.8 cm³/mol. The van der Waals surface area contributed by atoms with Crippen molar-refractivity contribution in [1.29, 1.82) is 0 Å². The molecule has 1 aromatic carbocycles. The molecular weight excluding hydrogens is 290 g/mol. The number of aromatic nitrogens is 2. The molecule has 1 aliphatic rings. The summed E-state index contributed by atoms with van der Waals surface area (Å²) < 4.78 is 0. The molecule has 2 aromatic rings. The minimum absolute atomic E-state index is 0.0490. The quantitative estimate of drug-likeness (QED) is 0.925. The zero-order valence-electron chi connectivity index (χ0n) is 13.5. The van der Waals surface area contributed by atoms with Crippen LogP contribution in [0.5, 0.6) is 0 Å². The highest BCUT2D eigenvalue weighted by Crippen LogP contribution is 2.16. The summed E-state index contributed by atoms with van der Waals surface area (Å²) in [6.07, 6.45) is 5.11. The van der Waals surface area contributed by atoms with Gasteiger partial charge in [-0.25, -0.2) is 9.78 Å². The van der Waals surface area contributed by atoms with Gasteiger partial charge in [-0.1, -0.05) is 6.07 Å². The molecule has 0 unspecified atom stereocenters. The summed E-state index contributed by atoms with van der Waals surface area (Å²) in [6.45, 7) is 6.98. The maximum atomic E-state index is 12.4. The van der Waals surface area contributed by atoms with E-state index in [1.165, 1.54) is 11.1 Å². The summed E-state index contributed by atoms with van der Waals surface area (Å²) >= 11 is 0. The van der Waals surface area contributed by atoms with Crippen LogP contribution < -0.4 is 10.2 Å². The van der Waals surface area contributed by atoms with Crippen LogP contribution in [-0.2, 0) is 0 Å². The number of nitrogens with one attached hydrogen (secondary N) is 1. The zero-order chi connectivity index (χ0) is 16.2. The van der Waals surface area contributed by atoms with Gasteiger partial charge < -0.3 is 15.1 Å². The van der Waals surface area contributed by atoms with Crippen LogP contribution in [0, 0.1) is 13.8 Å². The lowest BCUT2D eigenvalue weighted by Gasteiger charge is -2.35. The van der Waals surface area contributed by atoms with Crippen molar-refractivity contribution in [3.8, 4) is 0 Å². The van der Waals surface area contributed by atoms with Gasteiger partial charge in [0.2, 0.25) is 0 Å². The van der Waals surface area contributed by atoms with Crippen molar-refractivity contribution in [2.45, 2.75) is 13.8 Å². The van der Waals surface area contributed by atoms with E-state index in [-0.39, 0.29) is 6.03 Å². The van der Waals surface area contributed by atoms with Gasteiger partial charge in [-0.15, -0.1) is 0 Å². The van der Waals surface area contributed by atoms with Crippen molar-refractivity contribution in [1.82, 2.24) is 14.9 Å². The van der Waals surface area contributed by atoms with E-state index in [9.17, 15) is 4.79 Å². The fourth-order valence-corrected chi connectivity index (χ4v) is 2.61. The van der Waals surface area contributed by atoms with Gasteiger partial charge in [0.25, 0.3) is 0 Å². The number of rotatable bonds is 2. The van der Waals surface area contributed by atoms with Crippen LogP contribution in [0.2, 0.25) is 0 Å². The largest absolute Gasteiger partial charge is 0.352 e. The van der Waals surface area contributed by atoms with E-state index in [0.717, 1.165) is 24.6 Å². The van der Waals surface area contributed by atoms with Gasteiger partial charge in [0.05, 0.1) is 6.20 Å². The Morgan fingerprint density at radius 2 is 1.87 bits per heavy atom. The summed E-state index contributed by atoms with van der Waals surface area (Å²) in [4.78, 5) is 24.7. The number of hydrogen-bond donors (Lipinski definition) is 1. The Morgan fingerprint density at radius 3 is 2.52 bits per heavy atom. The van der Waals surface area contributed by atoms with Gasteiger partial charge >= 0.3 is 6.03 Å². The minimum Gasteiger partial charge on any atom is -0.352 e. The Kier molecular flexibility index (Phi) is 4.41. The van der Waals surface area contributed by atoms with Crippen molar-refractivity contribution >= 4 is 17.5 Å². The van der Waals surface area contributed by atoms with Gasteiger partial charge in [-0.3, -0.25) is 4.98 Å². The first-order chi connectivity index (χ1) is 11.1. The molecule has 0 saturated carbocycles. The van der Waals surface area contributed by atoms with E-state index in [1.54, 1.807) is 18.6 Å². The van der Waals surface area contributed by atoms with Crippen molar-refractivity contribution < 1.29 is 4.79 Å². The summed E-state index contributed by atoms with van der Waals surface area (Å²) in [5.41, 5.74) is 3.24. The number of hydrogen-bond acceptors (Lipinski definition) is 4. The molecule has 0 spiro atoms. The SMILES string of the molecule is Cc1ccc(NC(=O)N2CCN(c3cnccn3)CC2)cc1C. The fourth-order valence-electron chi connectivity index (χ4n) is 2.61. The van der Waals surface area contributed by atoms with Crippen LogP contribution in [-0.4, -0.2) is 47.1 Å². The Hall–Kier alpha value is -2.63. The van der Waals surface area contributed by atoms with Crippen LogP contribution in [0.25, 0.3) is 0 Å². The normalized spacial score (nSPS) is 14.7. The van der Waals surface area contributed by atoms with E-state index in [4.69, 9.17) is 0 Å². The molecule has 120 valence electrons. The van der Waals surface area contributed by atoms with E-state index in [1.807, 2.05) is 30.0 Å². The monoisotopic (exact) mass is 311 g/mol. The summed E-state index contributed by atoms with van der Waals surface area (Å²) in [6, 6.07) is 5.92. The molecule has 0 bridgehead atoms. The van der Waals surface area contributed by atoms with Gasteiger partial charge in [0.15, 0.2) is 0 Å². The second kappa shape index (κ2) is 6.64. The van der Waals surface area contributed by atoms with E-state index >= 15 is 0 Å². The summed E-state index contributed by atoms with van der Waals surface area (Å²) in [5.74, 6) is 0.863. The lowest BCUT2D eigenvalue weighted by Crippen LogP contribution is -2.50. The number of carbonyl (C=O) groups excluding carboxylic acids is 1. The average molecular weight is 311 g/mol. The molecule has 1 N–H and O–H groups in total. The highest BCUT2D eigenvalue weighted by Gasteiger charge is 2.22. The number of urea groups is 1. The van der Waals surface area contributed by atoms with E-state index < -0.39 is 0 Å². The van der Waals surface area contributed by atoms with E-state index in [2.05, 4.69) is 27.1 Å². The molecule has 6 nitrogen and oxygen atoms in total. The third-order valence-electron chi connectivity index (χ3n) is 4.20. The maximum Gasteiger partial charge on any atom is 0.321 e. The maximum absolute atomic E-state index is 12.4. The first-order valence-electron chi connectivity index (χ1n) is 7.77. The van der Waals surface area contributed by atoms with Crippen LogP contribution in [0.3, 0.4) is 0 Å². The molecular formula is C17H21N5O. The van der Waals surface area contributed by atoms with E-state index in [0.29, 0.717) is 13.1 Å². The Labute approximate surface area is 136 Å². The molecule has 23 heavy (non-hydrogen) atoms. The predicted octanol–water partition coefficient (Wildman–Crippen LogP) is 2.45. The highest BCUT2D eigenvalue weighted by atomic mass is 16.2. The topological polar surface area (TPSA) is 61.4 Å². The lowest BCUT2D eigenvalue weighted by atomic mass is 10.1. The minimum atomic E-state index is -0.0490. The van der Waals surface area contributed by atoms with Crippen molar-refractivity contribution in [2.24, 2.45) is 0 Å². The fraction of sp³-hybridized carbons (Fsp3) is 0.353. The number of anilines is 2. The smallest absolute Gasteiger partial charge is 0.321 e. The van der Waals surface area contributed by atoms with Crippen LogP contribution in [0.1, 0.15) is 11.1 Å². The molecule has 6 heteroatoms. The average Bonchev–Trinajstić information content (AvgIpc) is 2.59. The van der Waals surface area contributed by atoms with Crippen molar-refractivity contribution in [3.63, 3.8) is 0 Å².